The summed E-state index contributed by atoms with van der Waals surface area (Å²) in [5.41, 5.74) is 0. The Hall–Kier alpha value is -1.59. The summed E-state index contributed by atoms with van der Waals surface area (Å²) < 4.78 is 16.7. The smallest absolute Gasteiger partial charge is 0.306 e. The lowest BCUT2D eigenvalue weighted by Gasteiger charge is -2.18. The molecule has 0 aliphatic rings. The van der Waals surface area contributed by atoms with Gasteiger partial charge in [-0.25, -0.2) is 0 Å². The van der Waals surface area contributed by atoms with Crippen LogP contribution in [-0.4, -0.2) is 37.2 Å². The van der Waals surface area contributed by atoms with Crippen LogP contribution < -0.4 is 0 Å². The average Bonchev–Trinajstić information content (AvgIpc) is 3.14. The second-order valence-electron chi connectivity index (χ2n) is 15.7. The van der Waals surface area contributed by atoms with Crippen molar-refractivity contribution in [3.05, 3.63) is 0 Å². The van der Waals surface area contributed by atoms with Gasteiger partial charge in [0.2, 0.25) is 0 Å². The van der Waals surface area contributed by atoms with Gasteiger partial charge in [-0.15, -0.1) is 0 Å². The zero-order valence-electron chi connectivity index (χ0n) is 35.1. The predicted octanol–water partition coefficient (Wildman–Crippen LogP) is 14.5. The zero-order valence-corrected chi connectivity index (χ0v) is 35.1. The molecule has 0 aliphatic heterocycles. The highest BCUT2D eigenvalue weighted by Gasteiger charge is 2.19. The molecule has 0 radical (unpaired) electrons. The summed E-state index contributed by atoms with van der Waals surface area (Å²) in [6, 6.07) is 0. The van der Waals surface area contributed by atoms with Crippen molar-refractivity contribution < 1.29 is 28.6 Å². The summed E-state index contributed by atoms with van der Waals surface area (Å²) >= 11 is 0. The average molecular weight is 737 g/mol. The quantitative estimate of drug-likeness (QED) is 0.0353. The molecule has 0 aromatic rings. The van der Waals surface area contributed by atoms with E-state index in [2.05, 4.69) is 20.8 Å². The Labute approximate surface area is 323 Å². The Bertz CT molecular complexity index is 768. The van der Waals surface area contributed by atoms with Crippen molar-refractivity contribution in [3.63, 3.8) is 0 Å². The van der Waals surface area contributed by atoms with Gasteiger partial charge in [-0.2, -0.15) is 0 Å². The van der Waals surface area contributed by atoms with Gasteiger partial charge in [0.1, 0.15) is 13.2 Å². The fraction of sp³-hybridized carbons (Fsp3) is 0.935. The number of carbonyl (C=O) groups excluding carboxylic acids is 3. The van der Waals surface area contributed by atoms with E-state index in [0.29, 0.717) is 19.3 Å². The van der Waals surface area contributed by atoms with Gasteiger partial charge in [0.15, 0.2) is 6.10 Å². The van der Waals surface area contributed by atoms with Gasteiger partial charge in [0, 0.05) is 19.3 Å². The normalized spacial score (nSPS) is 11.8. The van der Waals surface area contributed by atoms with Crippen LogP contribution in [0.1, 0.15) is 258 Å². The zero-order chi connectivity index (χ0) is 38.0. The molecule has 308 valence electrons. The van der Waals surface area contributed by atoms with E-state index in [1.165, 1.54) is 161 Å². The van der Waals surface area contributed by atoms with E-state index in [-0.39, 0.29) is 31.1 Å². The number of unbranched alkanes of at least 4 members (excludes halogenated alkanes) is 31. The van der Waals surface area contributed by atoms with Crippen LogP contribution in [0.4, 0.5) is 0 Å². The molecule has 0 aromatic carbocycles. The summed E-state index contributed by atoms with van der Waals surface area (Å²) in [6.07, 6.45) is 42.3. The largest absolute Gasteiger partial charge is 0.462 e. The second kappa shape index (κ2) is 42.2. The molecule has 0 N–H and O–H groups in total. The summed E-state index contributed by atoms with van der Waals surface area (Å²) in [5.74, 6) is -0.857. The Morgan fingerprint density at radius 1 is 0.308 bits per heavy atom. The maximum Gasteiger partial charge on any atom is 0.306 e. The van der Waals surface area contributed by atoms with E-state index in [0.717, 1.165) is 57.8 Å². The molecule has 52 heavy (non-hydrogen) atoms. The summed E-state index contributed by atoms with van der Waals surface area (Å²) in [7, 11) is 0. The van der Waals surface area contributed by atoms with E-state index in [4.69, 9.17) is 14.2 Å². The van der Waals surface area contributed by atoms with Gasteiger partial charge >= 0.3 is 17.9 Å². The minimum Gasteiger partial charge on any atom is -0.462 e. The molecule has 0 rings (SSSR count). The molecular weight excluding hydrogens is 648 g/mol. The highest BCUT2D eigenvalue weighted by atomic mass is 16.6. The fourth-order valence-electron chi connectivity index (χ4n) is 6.85. The first-order chi connectivity index (χ1) is 25.5. The van der Waals surface area contributed by atoms with Gasteiger partial charge in [-0.05, 0) is 19.3 Å². The maximum atomic E-state index is 12.7. The minimum absolute atomic E-state index is 0.0630. The van der Waals surface area contributed by atoms with Crippen molar-refractivity contribution in [2.45, 2.75) is 264 Å². The van der Waals surface area contributed by atoms with Crippen LogP contribution in [0.2, 0.25) is 0 Å². The SMILES string of the molecule is CCCCCCCCCCCCCCCCC(=O)OC[C@H](COC(=O)CCCCCCCCC)OC(=O)CCCCCCCCCCCCCCC. The number of hydrogen-bond acceptors (Lipinski definition) is 6. The first kappa shape index (κ1) is 50.4. The van der Waals surface area contributed by atoms with Crippen molar-refractivity contribution >= 4 is 17.9 Å². The minimum atomic E-state index is -0.757. The van der Waals surface area contributed by atoms with Crippen molar-refractivity contribution in [3.8, 4) is 0 Å². The topological polar surface area (TPSA) is 78.9 Å². The van der Waals surface area contributed by atoms with Gasteiger partial charge < -0.3 is 14.2 Å². The summed E-state index contributed by atoms with van der Waals surface area (Å²) in [5, 5.41) is 0. The van der Waals surface area contributed by atoms with E-state index < -0.39 is 6.10 Å². The molecule has 0 aliphatic carbocycles. The number of esters is 3. The lowest BCUT2D eigenvalue weighted by molar-refractivity contribution is -0.167. The molecule has 6 heteroatoms. The van der Waals surface area contributed by atoms with Crippen molar-refractivity contribution in [2.75, 3.05) is 13.2 Å². The molecule has 0 bridgehead atoms. The van der Waals surface area contributed by atoms with E-state index in [1.807, 2.05) is 0 Å². The first-order valence-electron chi connectivity index (χ1n) is 23.0. The first-order valence-corrected chi connectivity index (χ1v) is 23.0. The van der Waals surface area contributed by atoms with Crippen molar-refractivity contribution in [1.82, 2.24) is 0 Å². The van der Waals surface area contributed by atoms with Crippen LogP contribution in [0.15, 0.2) is 0 Å². The fourth-order valence-corrected chi connectivity index (χ4v) is 6.85. The van der Waals surface area contributed by atoms with E-state index >= 15 is 0 Å². The molecule has 0 heterocycles. The third kappa shape index (κ3) is 39.6. The third-order valence-electron chi connectivity index (χ3n) is 10.4. The maximum absolute atomic E-state index is 12.7. The Balaban J connectivity index is 4.25. The lowest BCUT2D eigenvalue weighted by atomic mass is 10.0. The Kier molecular flexibility index (Phi) is 40.9. The van der Waals surface area contributed by atoms with Crippen LogP contribution in [-0.2, 0) is 28.6 Å². The number of hydrogen-bond donors (Lipinski definition) is 0. The Morgan fingerprint density at radius 3 is 0.769 bits per heavy atom. The van der Waals surface area contributed by atoms with E-state index in [9.17, 15) is 14.4 Å². The highest BCUT2D eigenvalue weighted by molar-refractivity contribution is 5.71. The van der Waals surface area contributed by atoms with Gasteiger partial charge in [0.05, 0.1) is 0 Å². The van der Waals surface area contributed by atoms with Gasteiger partial charge in [-0.1, -0.05) is 220 Å². The second-order valence-corrected chi connectivity index (χ2v) is 15.7. The van der Waals surface area contributed by atoms with Gasteiger partial charge in [0.25, 0.3) is 0 Å². The molecular formula is C46H88O6. The van der Waals surface area contributed by atoms with Crippen LogP contribution >= 0.6 is 0 Å². The molecule has 0 amide bonds. The molecule has 0 fully saturated rings. The monoisotopic (exact) mass is 737 g/mol. The molecule has 0 saturated carbocycles. The van der Waals surface area contributed by atoms with Crippen LogP contribution in [0.3, 0.4) is 0 Å². The van der Waals surface area contributed by atoms with Crippen molar-refractivity contribution in [2.24, 2.45) is 0 Å². The van der Waals surface area contributed by atoms with Crippen molar-refractivity contribution in [1.29, 1.82) is 0 Å². The van der Waals surface area contributed by atoms with Crippen LogP contribution in [0.5, 0.6) is 0 Å². The molecule has 0 unspecified atom stereocenters. The summed E-state index contributed by atoms with van der Waals surface area (Å²) in [4.78, 5) is 37.6. The standard InChI is InChI=1S/C46H88O6/c1-4-7-10-13-16-18-20-22-24-25-27-30-33-36-39-45(48)51-42-43(41-50-44(47)38-35-32-29-15-12-9-6-3)52-46(49)40-37-34-31-28-26-23-21-19-17-14-11-8-5-2/h43H,4-42H2,1-3H3/t43-/m0/s1. The van der Waals surface area contributed by atoms with Crippen LogP contribution in [0, 0.1) is 0 Å². The molecule has 1 atom stereocenters. The predicted molar refractivity (Wildman–Crippen MR) is 220 cm³/mol. The lowest BCUT2D eigenvalue weighted by Crippen LogP contribution is -2.30. The molecule has 0 saturated heterocycles. The van der Waals surface area contributed by atoms with E-state index in [1.54, 1.807) is 0 Å². The molecule has 0 spiro atoms. The number of carbonyl (C=O) groups is 3. The third-order valence-corrected chi connectivity index (χ3v) is 10.4. The Morgan fingerprint density at radius 2 is 0.519 bits per heavy atom. The number of ether oxygens (including phenoxy) is 3. The van der Waals surface area contributed by atoms with Gasteiger partial charge in [-0.3, -0.25) is 14.4 Å². The van der Waals surface area contributed by atoms with Crippen LogP contribution in [0.25, 0.3) is 0 Å². The summed E-state index contributed by atoms with van der Waals surface area (Å²) in [6.45, 7) is 6.62. The highest BCUT2D eigenvalue weighted by Crippen LogP contribution is 2.16. The molecule has 6 nitrogen and oxygen atoms in total. The molecule has 0 aromatic heterocycles. The number of rotatable bonds is 42.